The van der Waals surface area contributed by atoms with Crippen molar-refractivity contribution in [3.8, 4) is 5.88 Å². The highest BCUT2D eigenvalue weighted by Gasteiger charge is 2.18. The van der Waals surface area contributed by atoms with E-state index in [1.165, 1.54) is 20.3 Å². The van der Waals surface area contributed by atoms with E-state index >= 15 is 0 Å². The fourth-order valence-corrected chi connectivity index (χ4v) is 1.34. The molecule has 1 aromatic rings. The predicted molar refractivity (Wildman–Crippen MR) is 57.4 cm³/mol. The van der Waals surface area contributed by atoms with Crippen LogP contribution in [0.3, 0.4) is 0 Å². The zero-order valence-corrected chi connectivity index (χ0v) is 9.69. The van der Waals surface area contributed by atoms with Gasteiger partial charge >= 0.3 is 5.97 Å². The quantitative estimate of drug-likeness (QED) is 0.640. The van der Waals surface area contributed by atoms with Gasteiger partial charge in [-0.1, -0.05) is 11.6 Å². The SMILES string of the molecule is COC(=O)C[C@H](O)c1ccc(Cl)nc1OC. The number of rotatable bonds is 4. The van der Waals surface area contributed by atoms with E-state index in [4.69, 9.17) is 16.3 Å². The Balaban J connectivity index is 2.90. The van der Waals surface area contributed by atoms with Crippen molar-refractivity contribution in [1.82, 2.24) is 4.98 Å². The van der Waals surface area contributed by atoms with Crippen LogP contribution in [0.15, 0.2) is 12.1 Å². The highest BCUT2D eigenvalue weighted by atomic mass is 35.5. The number of aliphatic hydroxyl groups is 1. The van der Waals surface area contributed by atoms with Crippen LogP contribution in [0.4, 0.5) is 0 Å². The minimum absolute atomic E-state index is 0.157. The number of aromatic nitrogens is 1. The summed E-state index contributed by atoms with van der Waals surface area (Å²) in [5, 5.41) is 10.0. The van der Waals surface area contributed by atoms with Crippen molar-refractivity contribution in [1.29, 1.82) is 0 Å². The van der Waals surface area contributed by atoms with Crippen LogP contribution in [0.1, 0.15) is 18.1 Å². The van der Waals surface area contributed by atoms with E-state index < -0.39 is 12.1 Å². The number of esters is 1. The Morgan fingerprint density at radius 1 is 1.56 bits per heavy atom. The summed E-state index contributed by atoms with van der Waals surface area (Å²) in [6.45, 7) is 0. The number of pyridine rings is 1. The Labute approximate surface area is 98.0 Å². The van der Waals surface area contributed by atoms with Crippen LogP contribution in [-0.4, -0.2) is 30.3 Å². The van der Waals surface area contributed by atoms with Crippen molar-refractivity contribution >= 4 is 17.6 Å². The van der Waals surface area contributed by atoms with Crippen LogP contribution in [0, 0.1) is 0 Å². The molecule has 88 valence electrons. The van der Waals surface area contributed by atoms with Gasteiger partial charge in [-0.2, -0.15) is 0 Å². The lowest BCUT2D eigenvalue weighted by atomic mass is 10.1. The van der Waals surface area contributed by atoms with E-state index in [2.05, 4.69) is 9.72 Å². The molecule has 0 unspecified atom stereocenters. The van der Waals surface area contributed by atoms with Crippen molar-refractivity contribution in [3.05, 3.63) is 22.8 Å². The molecule has 0 saturated heterocycles. The Morgan fingerprint density at radius 2 is 2.25 bits per heavy atom. The second kappa shape index (κ2) is 5.67. The van der Waals surface area contributed by atoms with E-state index in [0.29, 0.717) is 5.56 Å². The van der Waals surface area contributed by atoms with Crippen molar-refractivity contribution in [2.24, 2.45) is 0 Å². The maximum Gasteiger partial charge on any atom is 0.308 e. The zero-order valence-electron chi connectivity index (χ0n) is 8.94. The summed E-state index contributed by atoms with van der Waals surface area (Å²) in [6, 6.07) is 3.07. The molecular weight excluding hydrogens is 234 g/mol. The zero-order chi connectivity index (χ0) is 12.1. The Kier molecular flexibility index (Phi) is 4.52. The summed E-state index contributed by atoms with van der Waals surface area (Å²) in [6.07, 6.45) is -1.18. The fraction of sp³-hybridized carbons (Fsp3) is 0.400. The monoisotopic (exact) mass is 245 g/mol. The molecule has 0 aliphatic carbocycles. The van der Waals surface area contributed by atoms with Gasteiger partial charge in [0.05, 0.1) is 26.7 Å². The first-order chi connectivity index (χ1) is 7.58. The molecular formula is C10H12ClNO4. The van der Waals surface area contributed by atoms with Gasteiger partial charge in [0.1, 0.15) is 5.15 Å². The van der Waals surface area contributed by atoms with Crippen LogP contribution < -0.4 is 4.74 Å². The number of hydrogen-bond donors (Lipinski definition) is 1. The molecule has 1 heterocycles. The maximum absolute atomic E-state index is 11.0. The molecule has 0 aliphatic heterocycles. The third-order valence-electron chi connectivity index (χ3n) is 2.00. The topological polar surface area (TPSA) is 68.7 Å². The van der Waals surface area contributed by atoms with Gasteiger partial charge < -0.3 is 14.6 Å². The smallest absolute Gasteiger partial charge is 0.308 e. The molecule has 5 nitrogen and oxygen atoms in total. The second-order valence-electron chi connectivity index (χ2n) is 3.03. The van der Waals surface area contributed by atoms with Crippen LogP contribution >= 0.6 is 11.6 Å². The first-order valence-corrected chi connectivity index (χ1v) is 4.91. The lowest BCUT2D eigenvalue weighted by Crippen LogP contribution is -2.09. The predicted octanol–water partition coefficient (Wildman–Crippen LogP) is 1.34. The van der Waals surface area contributed by atoms with E-state index in [1.807, 2.05) is 0 Å². The maximum atomic E-state index is 11.0. The van der Waals surface area contributed by atoms with Crippen LogP contribution in [0.25, 0.3) is 0 Å². The number of methoxy groups -OCH3 is 2. The minimum Gasteiger partial charge on any atom is -0.481 e. The lowest BCUT2D eigenvalue weighted by molar-refractivity contribution is -0.142. The Hall–Kier alpha value is -1.33. The third-order valence-corrected chi connectivity index (χ3v) is 2.21. The molecule has 0 saturated carbocycles. The third kappa shape index (κ3) is 3.08. The van der Waals surface area contributed by atoms with E-state index in [-0.39, 0.29) is 17.5 Å². The van der Waals surface area contributed by atoms with Crippen LogP contribution in [-0.2, 0) is 9.53 Å². The first-order valence-electron chi connectivity index (χ1n) is 4.53. The summed E-state index contributed by atoms with van der Waals surface area (Å²) < 4.78 is 9.41. The second-order valence-corrected chi connectivity index (χ2v) is 3.42. The van der Waals surface area contributed by atoms with Gasteiger partial charge in [-0.15, -0.1) is 0 Å². The van der Waals surface area contributed by atoms with Gasteiger partial charge in [-0.3, -0.25) is 4.79 Å². The molecule has 0 amide bonds. The summed E-state index contributed by atoms with van der Waals surface area (Å²) in [4.78, 5) is 14.9. The Bertz CT molecular complexity index is 383. The molecule has 0 bridgehead atoms. The highest BCUT2D eigenvalue weighted by molar-refractivity contribution is 6.29. The van der Waals surface area contributed by atoms with Crippen molar-refractivity contribution in [2.45, 2.75) is 12.5 Å². The van der Waals surface area contributed by atoms with Gasteiger partial charge in [0.2, 0.25) is 5.88 Å². The molecule has 0 fully saturated rings. The first kappa shape index (κ1) is 12.7. The van der Waals surface area contributed by atoms with Gasteiger partial charge in [0.15, 0.2) is 0 Å². The van der Waals surface area contributed by atoms with E-state index in [0.717, 1.165) is 0 Å². The average molecular weight is 246 g/mol. The molecule has 6 heteroatoms. The van der Waals surface area contributed by atoms with Crippen LogP contribution in [0.2, 0.25) is 5.15 Å². The summed E-state index contributed by atoms with van der Waals surface area (Å²) in [5.41, 5.74) is 0.400. The molecule has 16 heavy (non-hydrogen) atoms. The molecule has 1 N–H and O–H groups in total. The lowest BCUT2D eigenvalue weighted by Gasteiger charge is -2.12. The number of carbonyl (C=O) groups is 1. The number of halogens is 1. The Morgan fingerprint density at radius 3 is 2.81 bits per heavy atom. The molecule has 0 spiro atoms. The number of nitrogens with zero attached hydrogens (tertiary/aromatic N) is 1. The molecule has 0 radical (unpaired) electrons. The normalized spacial score (nSPS) is 12.0. The summed E-state index contributed by atoms with van der Waals surface area (Å²) in [5.74, 6) is -0.312. The highest BCUT2D eigenvalue weighted by Crippen LogP contribution is 2.27. The molecule has 1 aromatic heterocycles. The summed E-state index contributed by atoms with van der Waals surface area (Å²) >= 11 is 5.67. The fourth-order valence-electron chi connectivity index (χ4n) is 1.20. The van der Waals surface area contributed by atoms with Crippen LogP contribution in [0.5, 0.6) is 5.88 Å². The van der Waals surface area contributed by atoms with Crippen molar-refractivity contribution < 1.29 is 19.4 Å². The minimum atomic E-state index is -1.02. The largest absolute Gasteiger partial charge is 0.481 e. The van der Waals surface area contributed by atoms with E-state index in [1.54, 1.807) is 6.07 Å². The van der Waals surface area contributed by atoms with Gasteiger partial charge in [0.25, 0.3) is 0 Å². The van der Waals surface area contributed by atoms with Gasteiger partial charge in [-0.05, 0) is 12.1 Å². The number of aliphatic hydroxyl groups excluding tert-OH is 1. The number of ether oxygens (including phenoxy) is 2. The van der Waals surface area contributed by atoms with Crippen molar-refractivity contribution in [3.63, 3.8) is 0 Å². The van der Waals surface area contributed by atoms with Crippen molar-refractivity contribution in [2.75, 3.05) is 14.2 Å². The molecule has 1 atom stereocenters. The van der Waals surface area contributed by atoms with Gasteiger partial charge in [-0.25, -0.2) is 4.98 Å². The molecule has 0 aromatic carbocycles. The van der Waals surface area contributed by atoms with Gasteiger partial charge in [0, 0.05) is 5.56 Å². The average Bonchev–Trinajstić information content (AvgIpc) is 2.28. The standard InChI is InChI=1S/C10H12ClNO4/c1-15-9(14)5-7(13)6-3-4-8(11)12-10(6)16-2/h3-4,7,13H,5H2,1-2H3/t7-/m0/s1. The molecule has 0 aliphatic rings. The number of carbonyl (C=O) groups excluding carboxylic acids is 1. The van der Waals surface area contributed by atoms with E-state index in [9.17, 15) is 9.90 Å². The number of hydrogen-bond acceptors (Lipinski definition) is 5. The summed E-state index contributed by atoms with van der Waals surface area (Å²) in [7, 11) is 2.67. The molecule has 1 rings (SSSR count).